The first kappa shape index (κ1) is 21.4. The van der Waals surface area contributed by atoms with Gasteiger partial charge in [0, 0.05) is 24.7 Å². The van der Waals surface area contributed by atoms with Crippen LogP contribution in [0.3, 0.4) is 0 Å². The van der Waals surface area contributed by atoms with Crippen molar-refractivity contribution in [2.75, 3.05) is 18.0 Å². The summed E-state index contributed by atoms with van der Waals surface area (Å²) in [6.07, 6.45) is 3.41. The fourth-order valence-electron chi connectivity index (χ4n) is 3.41. The van der Waals surface area contributed by atoms with Gasteiger partial charge >= 0.3 is 6.01 Å². The largest absolute Gasteiger partial charge is 0.401 e. The number of benzene rings is 1. The summed E-state index contributed by atoms with van der Waals surface area (Å²) >= 11 is 0. The topological polar surface area (TPSA) is 128 Å². The minimum absolute atomic E-state index is 0.213. The molecule has 4 rings (SSSR count). The molecule has 2 N–H and O–H groups in total. The van der Waals surface area contributed by atoms with Gasteiger partial charge in [-0.3, -0.25) is 4.98 Å². The van der Waals surface area contributed by atoms with E-state index in [0.717, 1.165) is 31.5 Å². The van der Waals surface area contributed by atoms with Crippen molar-refractivity contribution in [3.8, 4) is 22.8 Å². The van der Waals surface area contributed by atoms with Crippen LogP contribution in [-0.2, 0) is 9.84 Å². The Balaban J connectivity index is 1.61. The molecule has 1 saturated heterocycles. The van der Waals surface area contributed by atoms with Crippen LogP contribution in [0.25, 0.3) is 22.8 Å². The van der Waals surface area contributed by atoms with E-state index in [0.29, 0.717) is 29.0 Å². The fourth-order valence-corrected chi connectivity index (χ4v) is 4.47. The number of nitrogens with two attached hydrogens (primary N) is 1. The van der Waals surface area contributed by atoms with Gasteiger partial charge in [0.15, 0.2) is 9.84 Å². The third-order valence-corrected chi connectivity index (χ3v) is 7.65. The number of anilines is 1. The molecule has 0 radical (unpaired) electrons. The zero-order chi connectivity index (χ0) is 22.2. The van der Waals surface area contributed by atoms with Gasteiger partial charge < -0.3 is 15.1 Å². The molecule has 0 atom stereocenters. The van der Waals surface area contributed by atoms with Crippen LogP contribution in [0.15, 0.2) is 39.8 Å². The molecule has 0 saturated carbocycles. The molecule has 10 heteroatoms. The smallest absolute Gasteiger partial charge is 0.318 e. The second-order valence-corrected chi connectivity index (χ2v) is 10.5. The Labute approximate surface area is 181 Å². The van der Waals surface area contributed by atoms with Crippen molar-refractivity contribution in [2.45, 2.75) is 49.8 Å². The van der Waals surface area contributed by atoms with Crippen LogP contribution in [0, 0.1) is 6.92 Å². The molecule has 2 aromatic heterocycles. The predicted molar refractivity (Wildman–Crippen MR) is 117 cm³/mol. The first-order valence-corrected chi connectivity index (χ1v) is 11.8. The Hall–Kier alpha value is -2.85. The maximum Gasteiger partial charge on any atom is 0.318 e. The Kier molecular flexibility index (Phi) is 5.76. The lowest BCUT2D eigenvalue weighted by molar-refractivity contribution is 0.460. The second-order valence-electron chi connectivity index (χ2n) is 8.02. The Morgan fingerprint density at radius 2 is 1.81 bits per heavy atom. The van der Waals surface area contributed by atoms with Gasteiger partial charge in [0.05, 0.1) is 27.7 Å². The molecule has 3 heterocycles. The number of aryl methyl sites for hydroxylation is 1. The van der Waals surface area contributed by atoms with Crippen molar-refractivity contribution >= 4 is 15.9 Å². The van der Waals surface area contributed by atoms with Crippen LogP contribution < -0.4 is 10.6 Å². The van der Waals surface area contributed by atoms with Crippen molar-refractivity contribution in [1.82, 2.24) is 20.2 Å². The third kappa shape index (κ3) is 4.31. The Morgan fingerprint density at radius 3 is 2.45 bits per heavy atom. The number of hydrogen-bond donors (Lipinski definition) is 1. The van der Waals surface area contributed by atoms with Crippen LogP contribution in [0.1, 0.15) is 32.4 Å². The molecule has 0 unspecified atom stereocenters. The number of sulfone groups is 1. The molecule has 1 aromatic carbocycles. The molecule has 1 aliphatic heterocycles. The minimum Gasteiger partial charge on any atom is -0.401 e. The summed E-state index contributed by atoms with van der Waals surface area (Å²) in [4.78, 5) is 11.4. The molecular weight excluding hydrogens is 416 g/mol. The van der Waals surface area contributed by atoms with Crippen LogP contribution in [0.4, 0.5) is 6.01 Å². The second kappa shape index (κ2) is 8.35. The number of nitrogens with zero attached hydrogens (tertiary/aromatic N) is 5. The zero-order valence-electron chi connectivity index (χ0n) is 17.8. The molecule has 31 heavy (non-hydrogen) atoms. The van der Waals surface area contributed by atoms with E-state index in [4.69, 9.17) is 10.2 Å². The highest BCUT2D eigenvalue weighted by Crippen LogP contribution is 2.27. The third-order valence-electron chi connectivity index (χ3n) is 5.48. The number of rotatable bonds is 5. The average Bonchev–Trinajstić information content (AvgIpc) is 3.24. The molecular formula is C21H26N6O3S. The number of piperidine rings is 1. The first-order chi connectivity index (χ1) is 14.8. The summed E-state index contributed by atoms with van der Waals surface area (Å²) in [6, 6.07) is 7.32. The van der Waals surface area contributed by atoms with Crippen molar-refractivity contribution in [3.63, 3.8) is 0 Å². The van der Waals surface area contributed by atoms with E-state index in [1.807, 2.05) is 11.8 Å². The van der Waals surface area contributed by atoms with Crippen LogP contribution in [-0.4, -0.2) is 53.0 Å². The first-order valence-electron chi connectivity index (χ1n) is 10.3. The molecule has 0 spiro atoms. The maximum absolute atomic E-state index is 12.3. The highest BCUT2D eigenvalue weighted by molar-refractivity contribution is 7.92. The van der Waals surface area contributed by atoms with Crippen molar-refractivity contribution in [1.29, 1.82) is 0 Å². The van der Waals surface area contributed by atoms with Gasteiger partial charge in [-0.1, -0.05) is 17.2 Å². The van der Waals surface area contributed by atoms with E-state index in [9.17, 15) is 8.42 Å². The lowest BCUT2D eigenvalue weighted by Gasteiger charge is -2.28. The Bertz CT molecular complexity index is 1170. The molecule has 164 valence electrons. The lowest BCUT2D eigenvalue weighted by atomic mass is 10.1. The highest BCUT2D eigenvalue weighted by atomic mass is 32.2. The van der Waals surface area contributed by atoms with Gasteiger partial charge in [0.2, 0.25) is 0 Å². The molecule has 0 amide bonds. The quantitative estimate of drug-likeness (QED) is 0.634. The summed E-state index contributed by atoms with van der Waals surface area (Å²) in [5.74, 6) is 0.302. The normalized spacial score (nSPS) is 15.6. The van der Waals surface area contributed by atoms with E-state index in [1.165, 1.54) is 0 Å². The van der Waals surface area contributed by atoms with Crippen molar-refractivity contribution < 1.29 is 12.8 Å². The van der Waals surface area contributed by atoms with Crippen molar-refractivity contribution in [2.24, 2.45) is 5.73 Å². The van der Waals surface area contributed by atoms with E-state index in [2.05, 4.69) is 20.2 Å². The van der Waals surface area contributed by atoms with Gasteiger partial charge in [-0.2, -0.15) is 0 Å². The van der Waals surface area contributed by atoms with Gasteiger partial charge in [-0.25, -0.2) is 13.4 Å². The van der Waals surface area contributed by atoms with E-state index in [-0.39, 0.29) is 10.9 Å². The average molecular weight is 443 g/mol. The number of hydrogen-bond acceptors (Lipinski definition) is 9. The maximum atomic E-state index is 12.3. The summed E-state index contributed by atoms with van der Waals surface area (Å²) in [5.41, 5.74) is 8.48. The summed E-state index contributed by atoms with van der Waals surface area (Å²) in [6.45, 7) is 6.71. The van der Waals surface area contributed by atoms with Gasteiger partial charge in [-0.05, 0) is 45.7 Å². The van der Waals surface area contributed by atoms with E-state index >= 15 is 0 Å². The Morgan fingerprint density at radius 1 is 1.13 bits per heavy atom. The highest BCUT2D eigenvalue weighted by Gasteiger charge is 2.23. The van der Waals surface area contributed by atoms with Gasteiger partial charge in [-0.15, -0.1) is 5.10 Å². The van der Waals surface area contributed by atoms with Gasteiger partial charge in [0.25, 0.3) is 5.89 Å². The minimum atomic E-state index is -3.33. The zero-order valence-corrected chi connectivity index (χ0v) is 18.6. The van der Waals surface area contributed by atoms with Crippen LogP contribution in [0.5, 0.6) is 0 Å². The summed E-state index contributed by atoms with van der Waals surface area (Å²) in [7, 11) is -3.33. The number of aromatic nitrogens is 4. The molecule has 1 fully saturated rings. The molecule has 0 aliphatic carbocycles. The molecule has 1 aliphatic rings. The predicted octanol–water partition coefficient (Wildman–Crippen LogP) is 2.61. The molecule has 9 nitrogen and oxygen atoms in total. The fraction of sp³-hybridized carbons (Fsp3) is 0.429. The van der Waals surface area contributed by atoms with E-state index in [1.54, 1.807) is 44.3 Å². The van der Waals surface area contributed by atoms with Crippen LogP contribution >= 0.6 is 0 Å². The SMILES string of the molecule is Cc1ncc(-c2ccc(S(=O)(=O)C(C)C)cc2)nc1-c1nnc(N2CCC(N)CC2)o1. The van der Waals surface area contributed by atoms with Crippen molar-refractivity contribution in [3.05, 3.63) is 36.2 Å². The molecule has 0 bridgehead atoms. The standard InChI is InChI=1S/C21H26N6O3S/c1-13(2)31(28,29)17-6-4-15(5-7-17)18-12-23-14(3)19(24-18)20-25-26-21(30-20)27-10-8-16(22)9-11-27/h4-7,12-13,16H,8-11,22H2,1-3H3. The summed E-state index contributed by atoms with van der Waals surface area (Å²) < 4.78 is 30.6. The molecule has 3 aromatic rings. The lowest BCUT2D eigenvalue weighted by Crippen LogP contribution is -2.39. The van der Waals surface area contributed by atoms with Crippen LogP contribution in [0.2, 0.25) is 0 Å². The van der Waals surface area contributed by atoms with Gasteiger partial charge in [0.1, 0.15) is 5.69 Å². The van der Waals surface area contributed by atoms with E-state index < -0.39 is 15.1 Å². The summed E-state index contributed by atoms with van der Waals surface area (Å²) in [5, 5.41) is 7.86. The monoisotopic (exact) mass is 442 g/mol.